The maximum absolute atomic E-state index is 13.1. The Morgan fingerprint density at radius 1 is 0.969 bits per heavy atom. The third-order valence-electron chi connectivity index (χ3n) is 5.60. The van der Waals surface area contributed by atoms with E-state index in [0.717, 1.165) is 16.5 Å². The van der Waals surface area contributed by atoms with Gasteiger partial charge >= 0.3 is 0 Å². The molecule has 2 aromatic carbocycles. The van der Waals surface area contributed by atoms with E-state index < -0.39 is 11.9 Å². The molecule has 0 aliphatic heterocycles. The fourth-order valence-electron chi connectivity index (χ4n) is 3.68. The van der Waals surface area contributed by atoms with E-state index in [9.17, 15) is 14.4 Å². The van der Waals surface area contributed by atoms with Crippen LogP contribution in [0.15, 0.2) is 54.7 Å². The van der Waals surface area contributed by atoms with Crippen molar-refractivity contribution in [2.75, 3.05) is 5.32 Å². The molecule has 1 heterocycles. The van der Waals surface area contributed by atoms with Crippen LogP contribution in [0.2, 0.25) is 0 Å². The molecule has 3 amide bonds. The van der Waals surface area contributed by atoms with E-state index in [1.807, 2.05) is 44.3 Å². The predicted octanol–water partition coefficient (Wildman–Crippen LogP) is 3.39. The summed E-state index contributed by atoms with van der Waals surface area (Å²) in [5.41, 5.74) is 4.19. The van der Waals surface area contributed by atoms with Crippen LogP contribution >= 0.6 is 0 Å². The number of amides is 3. The first-order valence-electron chi connectivity index (χ1n) is 10.7. The lowest BCUT2D eigenvalue weighted by atomic mass is 10.00. The number of nitrogens with one attached hydrogen (secondary N) is 4. The topological polar surface area (TPSA) is 123 Å². The van der Waals surface area contributed by atoms with Gasteiger partial charge in [-0.15, -0.1) is 0 Å². The highest BCUT2D eigenvalue weighted by Gasteiger charge is 2.25. The fourth-order valence-corrected chi connectivity index (χ4v) is 3.68. The second kappa shape index (κ2) is 10.6. The number of hydroxylamine groups is 1. The van der Waals surface area contributed by atoms with Gasteiger partial charge in [0.15, 0.2) is 0 Å². The van der Waals surface area contributed by atoms with Gasteiger partial charge in [-0.25, -0.2) is 5.48 Å². The van der Waals surface area contributed by atoms with Crippen molar-refractivity contribution >= 4 is 34.3 Å². The molecule has 32 heavy (non-hydrogen) atoms. The van der Waals surface area contributed by atoms with Gasteiger partial charge in [0, 0.05) is 40.7 Å². The summed E-state index contributed by atoms with van der Waals surface area (Å²) in [6, 6.07) is 13.1. The molecule has 1 atom stereocenters. The Morgan fingerprint density at radius 3 is 2.31 bits per heavy atom. The summed E-state index contributed by atoms with van der Waals surface area (Å²) in [5, 5.41) is 15.5. The smallest absolute Gasteiger partial charge is 0.274 e. The molecule has 0 unspecified atom stereocenters. The summed E-state index contributed by atoms with van der Waals surface area (Å²) < 4.78 is 0. The first-order valence-corrected chi connectivity index (χ1v) is 10.7. The Hall–Kier alpha value is -3.65. The Bertz CT molecular complexity index is 1090. The second-order valence-corrected chi connectivity index (χ2v) is 7.65. The van der Waals surface area contributed by atoms with E-state index in [-0.39, 0.29) is 23.3 Å². The average Bonchev–Trinajstić information content (AvgIpc) is 3.22. The largest absolute Gasteiger partial charge is 0.361 e. The Kier molecular flexibility index (Phi) is 7.62. The van der Waals surface area contributed by atoms with Crippen molar-refractivity contribution in [1.82, 2.24) is 15.8 Å². The normalized spacial score (nSPS) is 11.9. The second-order valence-electron chi connectivity index (χ2n) is 7.65. The number of fused-ring (bicyclic) bond motifs is 1. The number of carbonyl (C=O) groups is 3. The number of anilines is 1. The summed E-state index contributed by atoms with van der Waals surface area (Å²) in [6.07, 6.45) is 3.57. The van der Waals surface area contributed by atoms with Crippen LogP contribution in [0.1, 0.15) is 42.6 Å². The standard InChI is InChI=1S/C24H28N4O4/c1-3-15(4-2)22(29)27-21(13-17-14-25-20-8-6-5-7-19(17)20)24(31)26-18-11-9-16(10-12-18)23(30)28-32/h5-12,14-15,21,25,32H,3-4,13H2,1-2H3,(H,26,31)(H,27,29)(H,28,30)/t21-/m0/s1. The van der Waals surface area contributed by atoms with Crippen molar-refractivity contribution in [3.63, 3.8) is 0 Å². The van der Waals surface area contributed by atoms with Gasteiger partial charge in [-0.1, -0.05) is 32.0 Å². The third-order valence-corrected chi connectivity index (χ3v) is 5.60. The zero-order chi connectivity index (χ0) is 23.1. The van der Waals surface area contributed by atoms with E-state index in [2.05, 4.69) is 15.6 Å². The number of rotatable bonds is 9. The minimum absolute atomic E-state index is 0.148. The van der Waals surface area contributed by atoms with Crippen LogP contribution < -0.4 is 16.1 Å². The predicted molar refractivity (Wildman–Crippen MR) is 122 cm³/mol. The monoisotopic (exact) mass is 436 g/mol. The lowest BCUT2D eigenvalue weighted by molar-refractivity contribution is -0.129. The van der Waals surface area contributed by atoms with Crippen molar-refractivity contribution in [3.8, 4) is 0 Å². The third kappa shape index (κ3) is 5.33. The van der Waals surface area contributed by atoms with E-state index >= 15 is 0 Å². The molecule has 0 aliphatic carbocycles. The Balaban J connectivity index is 1.81. The van der Waals surface area contributed by atoms with Crippen LogP contribution in [-0.4, -0.2) is 34.0 Å². The molecule has 8 nitrogen and oxygen atoms in total. The molecule has 0 fully saturated rings. The lowest BCUT2D eigenvalue weighted by Crippen LogP contribution is -2.47. The van der Waals surface area contributed by atoms with E-state index in [4.69, 9.17) is 5.21 Å². The molecule has 0 spiro atoms. The number of hydrogen-bond acceptors (Lipinski definition) is 4. The molecule has 0 saturated heterocycles. The first-order chi connectivity index (χ1) is 15.5. The minimum atomic E-state index is -0.775. The zero-order valence-corrected chi connectivity index (χ0v) is 18.1. The van der Waals surface area contributed by atoms with Crippen molar-refractivity contribution in [1.29, 1.82) is 0 Å². The maximum Gasteiger partial charge on any atom is 0.274 e. The summed E-state index contributed by atoms with van der Waals surface area (Å²) in [6.45, 7) is 3.90. The molecule has 168 valence electrons. The van der Waals surface area contributed by atoms with Gasteiger partial charge in [-0.05, 0) is 48.7 Å². The molecule has 5 N–H and O–H groups in total. The average molecular weight is 437 g/mol. The molecule has 0 aliphatic rings. The Labute approximate surface area is 186 Å². The zero-order valence-electron chi connectivity index (χ0n) is 18.1. The molecule has 0 radical (unpaired) electrons. The van der Waals surface area contributed by atoms with Crippen LogP contribution in [0.4, 0.5) is 5.69 Å². The first kappa shape index (κ1) is 23.0. The fraction of sp³-hybridized carbons (Fsp3) is 0.292. The van der Waals surface area contributed by atoms with Crippen LogP contribution in [0, 0.1) is 5.92 Å². The van der Waals surface area contributed by atoms with Gasteiger partial charge < -0.3 is 15.6 Å². The number of H-pyrrole nitrogens is 1. The molecule has 3 rings (SSSR count). The number of hydrogen-bond donors (Lipinski definition) is 5. The number of benzene rings is 2. The highest BCUT2D eigenvalue weighted by atomic mass is 16.5. The van der Waals surface area contributed by atoms with Gasteiger partial charge in [0.1, 0.15) is 6.04 Å². The van der Waals surface area contributed by atoms with Crippen LogP contribution in [0.5, 0.6) is 0 Å². The quantitative estimate of drug-likeness (QED) is 0.261. The molecule has 0 saturated carbocycles. The SMILES string of the molecule is CCC(CC)C(=O)N[C@@H](Cc1c[nH]c2ccccc12)C(=O)Nc1ccc(C(=O)NO)cc1. The molecule has 8 heteroatoms. The van der Waals surface area contributed by atoms with E-state index in [0.29, 0.717) is 24.9 Å². The van der Waals surface area contributed by atoms with Gasteiger partial charge in [0.2, 0.25) is 11.8 Å². The molecule has 3 aromatic rings. The molecule has 1 aromatic heterocycles. The Morgan fingerprint density at radius 2 is 1.66 bits per heavy atom. The number of carbonyl (C=O) groups excluding carboxylic acids is 3. The van der Waals surface area contributed by atoms with Gasteiger partial charge in [0.25, 0.3) is 5.91 Å². The van der Waals surface area contributed by atoms with Crippen LogP contribution in [-0.2, 0) is 16.0 Å². The molecular weight excluding hydrogens is 408 g/mol. The summed E-state index contributed by atoms with van der Waals surface area (Å²) in [5.74, 6) is -1.30. The van der Waals surface area contributed by atoms with Crippen LogP contribution in [0.3, 0.4) is 0 Å². The van der Waals surface area contributed by atoms with Crippen molar-refractivity contribution in [2.24, 2.45) is 5.92 Å². The van der Waals surface area contributed by atoms with Crippen molar-refractivity contribution < 1.29 is 19.6 Å². The summed E-state index contributed by atoms with van der Waals surface area (Å²) in [7, 11) is 0. The number of aromatic nitrogens is 1. The van der Waals surface area contributed by atoms with Crippen molar-refractivity contribution in [2.45, 2.75) is 39.2 Å². The maximum atomic E-state index is 13.1. The number of aromatic amines is 1. The summed E-state index contributed by atoms with van der Waals surface area (Å²) >= 11 is 0. The highest BCUT2D eigenvalue weighted by molar-refractivity contribution is 5.99. The van der Waals surface area contributed by atoms with Gasteiger partial charge in [-0.2, -0.15) is 0 Å². The van der Waals surface area contributed by atoms with Crippen molar-refractivity contribution in [3.05, 3.63) is 65.9 Å². The highest BCUT2D eigenvalue weighted by Crippen LogP contribution is 2.20. The number of para-hydroxylation sites is 1. The van der Waals surface area contributed by atoms with E-state index in [1.54, 1.807) is 17.6 Å². The van der Waals surface area contributed by atoms with Crippen LogP contribution in [0.25, 0.3) is 10.9 Å². The van der Waals surface area contributed by atoms with E-state index in [1.165, 1.54) is 12.1 Å². The molecular formula is C24H28N4O4. The van der Waals surface area contributed by atoms with Gasteiger partial charge in [-0.3, -0.25) is 19.6 Å². The van der Waals surface area contributed by atoms with Gasteiger partial charge in [0.05, 0.1) is 0 Å². The summed E-state index contributed by atoms with van der Waals surface area (Å²) in [4.78, 5) is 40.6. The minimum Gasteiger partial charge on any atom is -0.361 e. The lowest BCUT2D eigenvalue weighted by Gasteiger charge is -2.21. The molecule has 0 bridgehead atoms.